The molecule has 1 saturated carbocycles. The van der Waals surface area contributed by atoms with Gasteiger partial charge in [0.05, 0.1) is 0 Å². The summed E-state index contributed by atoms with van der Waals surface area (Å²) in [5, 5.41) is 0. The first-order chi connectivity index (χ1) is 9.29. The van der Waals surface area contributed by atoms with Crippen LogP contribution in [0.25, 0.3) is 0 Å². The second-order valence-electron chi connectivity index (χ2n) is 5.88. The van der Waals surface area contributed by atoms with Crippen molar-refractivity contribution in [3.05, 3.63) is 35.4 Å². The molecular formula is C16H24N2S. The molecule has 0 aromatic heterocycles. The van der Waals surface area contributed by atoms with Crippen LogP contribution in [0.3, 0.4) is 0 Å². The lowest BCUT2D eigenvalue weighted by Gasteiger charge is -2.32. The molecule has 2 atom stereocenters. The van der Waals surface area contributed by atoms with Crippen molar-refractivity contribution in [2.24, 2.45) is 5.73 Å². The summed E-state index contributed by atoms with van der Waals surface area (Å²) in [5.41, 5.74) is 8.93. The van der Waals surface area contributed by atoms with E-state index in [1.54, 1.807) is 0 Å². The molecule has 2 nitrogen and oxygen atoms in total. The monoisotopic (exact) mass is 276 g/mol. The molecule has 3 heteroatoms. The van der Waals surface area contributed by atoms with Gasteiger partial charge in [0.15, 0.2) is 0 Å². The molecule has 2 N–H and O–H groups in total. The van der Waals surface area contributed by atoms with E-state index in [2.05, 4.69) is 48.0 Å². The summed E-state index contributed by atoms with van der Waals surface area (Å²) < 4.78 is 0. The maximum absolute atomic E-state index is 6.04. The Kier molecular flexibility index (Phi) is 4.15. The van der Waals surface area contributed by atoms with Gasteiger partial charge in [0.2, 0.25) is 0 Å². The Morgan fingerprint density at radius 2 is 2.00 bits per heavy atom. The van der Waals surface area contributed by atoms with Crippen LogP contribution in [0.15, 0.2) is 24.3 Å². The zero-order chi connectivity index (χ0) is 13.2. The number of likely N-dealkylation sites (N-methyl/N-ethyl adjacent to an activating group) is 1. The summed E-state index contributed by atoms with van der Waals surface area (Å²) in [4.78, 5) is 2.49. The molecule has 2 fully saturated rings. The predicted octanol–water partition coefficient (Wildman–Crippen LogP) is 3.00. The number of nitrogens with zero attached hydrogens (tertiary/aromatic N) is 1. The Morgan fingerprint density at radius 3 is 2.53 bits per heavy atom. The molecule has 1 aromatic carbocycles. The minimum Gasteiger partial charge on any atom is -0.329 e. The normalized spacial score (nSPS) is 24.9. The summed E-state index contributed by atoms with van der Waals surface area (Å²) in [6.45, 7) is 0.709. The number of hydrogen-bond donors (Lipinski definition) is 1. The van der Waals surface area contributed by atoms with Gasteiger partial charge in [-0.15, -0.1) is 0 Å². The Labute approximate surface area is 120 Å². The summed E-state index contributed by atoms with van der Waals surface area (Å²) in [7, 11) is 2.24. The van der Waals surface area contributed by atoms with Crippen molar-refractivity contribution in [3.8, 4) is 0 Å². The summed E-state index contributed by atoms with van der Waals surface area (Å²) >= 11 is 2.07. The number of thioether (sulfide) groups is 1. The molecular weight excluding hydrogens is 252 g/mol. The van der Waals surface area contributed by atoms with E-state index < -0.39 is 0 Å². The number of benzene rings is 1. The van der Waals surface area contributed by atoms with Crippen LogP contribution >= 0.6 is 11.8 Å². The van der Waals surface area contributed by atoms with Crippen molar-refractivity contribution in [2.45, 2.75) is 37.3 Å². The zero-order valence-corrected chi connectivity index (χ0v) is 12.5. The van der Waals surface area contributed by atoms with E-state index in [0.717, 1.165) is 5.92 Å². The fourth-order valence-electron chi connectivity index (χ4n) is 3.04. The van der Waals surface area contributed by atoms with Crippen LogP contribution < -0.4 is 5.73 Å². The standard InChI is InChI=1S/C16H24N2S/c1-18(15-8-9-19-11-15)16(10-17)14-6-4-13(5-7-14)12-2-3-12/h4-7,12,15-16H,2-3,8-11,17H2,1H3. The van der Waals surface area contributed by atoms with Crippen LogP contribution in [-0.4, -0.2) is 36.0 Å². The highest BCUT2D eigenvalue weighted by molar-refractivity contribution is 7.99. The molecule has 0 spiro atoms. The quantitative estimate of drug-likeness (QED) is 0.896. The first kappa shape index (κ1) is 13.5. The Hall–Kier alpha value is -0.510. The molecule has 2 aliphatic rings. The topological polar surface area (TPSA) is 29.3 Å². The molecule has 3 rings (SSSR count). The highest BCUT2D eigenvalue weighted by Crippen LogP contribution is 2.40. The van der Waals surface area contributed by atoms with Gasteiger partial charge in [0.1, 0.15) is 0 Å². The largest absolute Gasteiger partial charge is 0.329 e. The van der Waals surface area contributed by atoms with Gasteiger partial charge in [-0.05, 0) is 49.1 Å². The molecule has 2 unspecified atom stereocenters. The molecule has 1 aliphatic heterocycles. The highest BCUT2D eigenvalue weighted by atomic mass is 32.2. The molecule has 0 amide bonds. The third-order valence-electron chi connectivity index (χ3n) is 4.57. The molecule has 0 bridgehead atoms. The van der Waals surface area contributed by atoms with Gasteiger partial charge in [0, 0.05) is 24.4 Å². The lowest BCUT2D eigenvalue weighted by atomic mass is 10.0. The lowest BCUT2D eigenvalue weighted by molar-refractivity contribution is 0.193. The first-order valence-corrected chi connectivity index (χ1v) is 8.54. The number of hydrogen-bond acceptors (Lipinski definition) is 3. The molecule has 1 aliphatic carbocycles. The van der Waals surface area contributed by atoms with Gasteiger partial charge in [-0.1, -0.05) is 24.3 Å². The van der Waals surface area contributed by atoms with Gasteiger partial charge in [-0.3, -0.25) is 4.90 Å². The van der Waals surface area contributed by atoms with Crippen molar-refractivity contribution in [3.63, 3.8) is 0 Å². The van der Waals surface area contributed by atoms with Crippen LogP contribution in [0.1, 0.15) is 42.3 Å². The fourth-order valence-corrected chi connectivity index (χ4v) is 4.32. The molecule has 0 radical (unpaired) electrons. The van der Waals surface area contributed by atoms with Gasteiger partial charge in [-0.2, -0.15) is 11.8 Å². The predicted molar refractivity (Wildman–Crippen MR) is 83.7 cm³/mol. The van der Waals surface area contributed by atoms with Crippen molar-refractivity contribution in [1.82, 2.24) is 4.90 Å². The van der Waals surface area contributed by atoms with Gasteiger partial charge < -0.3 is 5.73 Å². The van der Waals surface area contributed by atoms with Gasteiger partial charge in [-0.25, -0.2) is 0 Å². The molecule has 104 valence electrons. The van der Waals surface area contributed by atoms with E-state index in [-0.39, 0.29) is 0 Å². The Morgan fingerprint density at radius 1 is 1.26 bits per heavy atom. The number of nitrogens with two attached hydrogens (primary N) is 1. The minimum absolute atomic E-state index is 0.372. The van der Waals surface area contributed by atoms with Crippen molar-refractivity contribution >= 4 is 11.8 Å². The Bertz CT molecular complexity index is 407. The molecule has 1 heterocycles. The van der Waals surface area contributed by atoms with E-state index >= 15 is 0 Å². The third-order valence-corrected chi connectivity index (χ3v) is 5.71. The van der Waals surface area contributed by atoms with Crippen molar-refractivity contribution in [2.75, 3.05) is 25.1 Å². The van der Waals surface area contributed by atoms with E-state index in [1.165, 1.54) is 41.9 Å². The van der Waals surface area contributed by atoms with Gasteiger partial charge >= 0.3 is 0 Å². The molecule has 1 aromatic rings. The maximum atomic E-state index is 6.04. The smallest absolute Gasteiger partial charge is 0.0470 e. The average molecular weight is 276 g/mol. The minimum atomic E-state index is 0.372. The Balaban J connectivity index is 1.72. The maximum Gasteiger partial charge on any atom is 0.0470 e. The van der Waals surface area contributed by atoms with Crippen LogP contribution in [0.5, 0.6) is 0 Å². The van der Waals surface area contributed by atoms with E-state index in [1.807, 2.05) is 0 Å². The molecule has 19 heavy (non-hydrogen) atoms. The third kappa shape index (κ3) is 2.99. The van der Waals surface area contributed by atoms with Crippen LogP contribution in [0.2, 0.25) is 0 Å². The summed E-state index contributed by atoms with van der Waals surface area (Å²) in [5.74, 6) is 3.40. The highest BCUT2D eigenvalue weighted by Gasteiger charge is 2.27. The lowest BCUT2D eigenvalue weighted by Crippen LogP contribution is -2.38. The average Bonchev–Trinajstić information content (AvgIpc) is 3.15. The summed E-state index contributed by atoms with van der Waals surface area (Å²) in [6, 6.07) is 10.3. The van der Waals surface area contributed by atoms with Crippen LogP contribution in [0, 0.1) is 0 Å². The van der Waals surface area contributed by atoms with E-state index in [9.17, 15) is 0 Å². The van der Waals surface area contributed by atoms with Gasteiger partial charge in [0.25, 0.3) is 0 Å². The fraction of sp³-hybridized carbons (Fsp3) is 0.625. The van der Waals surface area contributed by atoms with Crippen molar-refractivity contribution < 1.29 is 0 Å². The second-order valence-corrected chi connectivity index (χ2v) is 7.03. The van der Waals surface area contributed by atoms with Crippen LogP contribution in [-0.2, 0) is 0 Å². The van der Waals surface area contributed by atoms with Crippen LogP contribution in [0.4, 0.5) is 0 Å². The first-order valence-electron chi connectivity index (χ1n) is 7.39. The summed E-state index contributed by atoms with van der Waals surface area (Å²) in [6.07, 6.45) is 4.05. The molecule has 1 saturated heterocycles. The SMILES string of the molecule is CN(C1CCSC1)C(CN)c1ccc(C2CC2)cc1. The second kappa shape index (κ2) is 5.86. The van der Waals surface area contributed by atoms with E-state index in [0.29, 0.717) is 18.6 Å². The van der Waals surface area contributed by atoms with Crippen molar-refractivity contribution in [1.29, 1.82) is 0 Å². The number of rotatable bonds is 5. The zero-order valence-electron chi connectivity index (χ0n) is 11.7. The van der Waals surface area contributed by atoms with E-state index in [4.69, 9.17) is 5.73 Å².